The van der Waals surface area contributed by atoms with Crippen molar-refractivity contribution in [1.29, 1.82) is 0 Å². The van der Waals surface area contributed by atoms with Crippen molar-refractivity contribution in [2.75, 3.05) is 26.9 Å². The Hall–Kier alpha value is -1.42. The van der Waals surface area contributed by atoms with Gasteiger partial charge in [-0.25, -0.2) is 0 Å². The highest BCUT2D eigenvalue weighted by Gasteiger charge is 2.18. The summed E-state index contributed by atoms with van der Waals surface area (Å²) in [5.74, 6) is 0.511. The third-order valence-corrected chi connectivity index (χ3v) is 3.01. The summed E-state index contributed by atoms with van der Waals surface area (Å²) in [5, 5.41) is 9.05. The molecule has 0 heterocycles. The predicted molar refractivity (Wildman–Crippen MR) is 81.7 cm³/mol. The van der Waals surface area contributed by atoms with E-state index >= 15 is 0 Å². The van der Waals surface area contributed by atoms with Crippen molar-refractivity contribution in [2.24, 2.45) is 0 Å². The van der Waals surface area contributed by atoms with Gasteiger partial charge in [-0.2, -0.15) is 0 Å². The molecule has 1 aromatic rings. The molecule has 0 spiro atoms. The maximum atomic E-state index is 9.05. The van der Waals surface area contributed by atoms with Gasteiger partial charge in [0.1, 0.15) is 0 Å². The predicted octanol–water partition coefficient (Wildman–Crippen LogP) is 3.11. The summed E-state index contributed by atoms with van der Waals surface area (Å²) in [5.41, 5.74) is 5.99. The summed E-state index contributed by atoms with van der Waals surface area (Å²) >= 11 is 0. The lowest BCUT2D eigenvalue weighted by Crippen LogP contribution is -2.33. The Balaban J connectivity index is 0.000000316. The smallest absolute Gasteiger partial charge is 0.162 e. The molecule has 0 radical (unpaired) electrons. The largest absolute Gasteiger partial charge is 0.504 e. The Morgan fingerprint density at radius 1 is 1.26 bits per heavy atom. The van der Waals surface area contributed by atoms with Crippen molar-refractivity contribution in [3.8, 4) is 11.5 Å². The number of anilines is 1. The molecule has 4 heteroatoms. The Bertz CT molecular complexity index is 350. The van der Waals surface area contributed by atoms with E-state index < -0.39 is 0 Å². The van der Waals surface area contributed by atoms with Gasteiger partial charge in [0.05, 0.1) is 7.11 Å². The fourth-order valence-electron chi connectivity index (χ4n) is 1.60. The van der Waals surface area contributed by atoms with Crippen molar-refractivity contribution >= 4 is 5.69 Å². The van der Waals surface area contributed by atoms with E-state index in [9.17, 15) is 0 Å². The van der Waals surface area contributed by atoms with Crippen LogP contribution in [0.5, 0.6) is 11.5 Å². The quantitative estimate of drug-likeness (QED) is 0.639. The maximum absolute atomic E-state index is 9.05. The zero-order chi connectivity index (χ0) is 14.8. The van der Waals surface area contributed by atoms with Crippen LogP contribution in [0.25, 0.3) is 0 Å². The molecule has 1 fully saturated rings. The zero-order valence-electron chi connectivity index (χ0n) is 12.8. The highest BCUT2D eigenvalue weighted by molar-refractivity contribution is 5.51. The molecule has 0 bridgehead atoms. The molecule has 1 aromatic carbocycles. The van der Waals surface area contributed by atoms with E-state index in [1.54, 1.807) is 12.1 Å². The molecule has 4 nitrogen and oxygen atoms in total. The average Bonchev–Trinajstić information content (AvgIpc) is 2.33. The molecule has 0 saturated heterocycles. The molecule has 19 heavy (non-hydrogen) atoms. The molecule has 1 aliphatic carbocycles. The standard InChI is InChI=1S/C7H9NO2.C6H13N.C2H6/c1-10-7-4-5(8)2-3-6(7)9;1-7(2)6-4-3-5-6;1-2/h2-4,9H,8H2,1H3;6H,3-5H2,1-2H3;1-2H3. The fraction of sp³-hybridized carbons (Fsp3) is 0.600. The number of nitrogens with zero attached hydrogens (tertiary/aromatic N) is 1. The van der Waals surface area contributed by atoms with Crippen molar-refractivity contribution in [3.05, 3.63) is 18.2 Å². The Morgan fingerprint density at radius 2 is 1.84 bits per heavy atom. The first-order valence-corrected chi connectivity index (χ1v) is 6.83. The van der Waals surface area contributed by atoms with Crippen LogP contribution < -0.4 is 10.5 Å². The summed E-state index contributed by atoms with van der Waals surface area (Å²) in [4.78, 5) is 2.31. The molecule has 110 valence electrons. The van der Waals surface area contributed by atoms with Gasteiger partial charge in [0.2, 0.25) is 0 Å². The highest BCUT2D eigenvalue weighted by atomic mass is 16.5. The molecule has 0 atom stereocenters. The van der Waals surface area contributed by atoms with Gasteiger partial charge in [0, 0.05) is 17.8 Å². The van der Waals surface area contributed by atoms with Crippen LogP contribution in [-0.2, 0) is 0 Å². The van der Waals surface area contributed by atoms with E-state index in [0.29, 0.717) is 11.4 Å². The van der Waals surface area contributed by atoms with Gasteiger partial charge in [-0.3, -0.25) is 0 Å². The molecule has 3 N–H and O–H groups in total. The van der Waals surface area contributed by atoms with Gasteiger partial charge in [-0.15, -0.1) is 0 Å². The van der Waals surface area contributed by atoms with Crippen LogP contribution >= 0.6 is 0 Å². The van der Waals surface area contributed by atoms with Gasteiger partial charge >= 0.3 is 0 Å². The zero-order valence-corrected chi connectivity index (χ0v) is 12.8. The summed E-state index contributed by atoms with van der Waals surface area (Å²) in [6.45, 7) is 4.00. The minimum Gasteiger partial charge on any atom is -0.504 e. The van der Waals surface area contributed by atoms with Crippen LogP contribution in [0.3, 0.4) is 0 Å². The van der Waals surface area contributed by atoms with Crippen LogP contribution in [0.1, 0.15) is 33.1 Å². The lowest BCUT2D eigenvalue weighted by molar-refractivity contribution is 0.193. The Morgan fingerprint density at radius 3 is 2.11 bits per heavy atom. The first-order valence-electron chi connectivity index (χ1n) is 6.83. The summed E-state index contributed by atoms with van der Waals surface area (Å²) < 4.78 is 4.80. The molecule has 1 aliphatic rings. The number of rotatable bonds is 2. The van der Waals surface area contributed by atoms with Crippen LogP contribution in [0.2, 0.25) is 0 Å². The minimum atomic E-state index is 0.108. The number of methoxy groups -OCH3 is 1. The van der Waals surface area contributed by atoms with Gasteiger partial charge in [0.25, 0.3) is 0 Å². The number of aromatic hydroxyl groups is 1. The van der Waals surface area contributed by atoms with Gasteiger partial charge < -0.3 is 20.5 Å². The van der Waals surface area contributed by atoms with E-state index in [2.05, 4.69) is 19.0 Å². The van der Waals surface area contributed by atoms with Crippen molar-refractivity contribution in [1.82, 2.24) is 4.90 Å². The maximum Gasteiger partial charge on any atom is 0.162 e. The number of ether oxygens (including phenoxy) is 1. The van der Waals surface area contributed by atoms with Crippen LogP contribution in [0.4, 0.5) is 5.69 Å². The first-order chi connectivity index (χ1) is 9.04. The lowest BCUT2D eigenvalue weighted by atomic mass is 9.92. The second-order valence-electron chi connectivity index (χ2n) is 4.48. The topological polar surface area (TPSA) is 58.7 Å². The second kappa shape index (κ2) is 9.50. The third kappa shape index (κ3) is 6.34. The van der Waals surface area contributed by atoms with E-state index in [-0.39, 0.29) is 5.75 Å². The minimum absolute atomic E-state index is 0.108. The third-order valence-electron chi connectivity index (χ3n) is 3.01. The average molecular weight is 268 g/mol. The normalized spacial score (nSPS) is 13.6. The number of nitrogens with two attached hydrogens (primary N) is 1. The molecular formula is C15H28N2O2. The summed E-state index contributed by atoms with van der Waals surface area (Å²) in [7, 11) is 5.79. The highest BCUT2D eigenvalue weighted by Crippen LogP contribution is 2.26. The first kappa shape index (κ1) is 17.6. The second-order valence-corrected chi connectivity index (χ2v) is 4.48. The van der Waals surface area contributed by atoms with Crippen molar-refractivity contribution in [2.45, 2.75) is 39.2 Å². The van der Waals surface area contributed by atoms with E-state index in [4.69, 9.17) is 15.6 Å². The van der Waals surface area contributed by atoms with Crippen molar-refractivity contribution < 1.29 is 9.84 Å². The molecule has 2 rings (SSSR count). The summed E-state index contributed by atoms with van der Waals surface area (Å²) in [6.07, 6.45) is 4.29. The molecule has 0 aromatic heterocycles. The monoisotopic (exact) mass is 268 g/mol. The van der Waals surface area contributed by atoms with Gasteiger partial charge in [0.15, 0.2) is 11.5 Å². The fourth-order valence-corrected chi connectivity index (χ4v) is 1.60. The van der Waals surface area contributed by atoms with Gasteiger partial charge in [-0.1, -0.05) is 20.3 Å². The van der Waals surface area contributed by atoms with Crippen LogP contribution in [-0.4, -0.2) is 37.3 Å². The molecule has 0 amide bonds. The van der Waals surface area contributed by atoms with Crippen molar-refractivity contribution in [3.63, 3.8) is 0 Å². The molecule has 0 unspecified atom stereocenters. The number of phenols is 1. The number of phenolic OH excluding ortho intramolecular Hbond substituents is 1. The number of hydrogen-bond donors (Lipinski definition) is 2. The van der Waals surface area contributed by atoms with E-state index in [1.807, 2.05) is 13.8 Å². The van der Waals surface area contributed by atoms with E-state index in [0.717, 1.165) is 6.04 Å². The number of nitrogen functional groups attached to an aromatic ring is 1. The van der Waals surface area contributed by atoms with Gasteiger partial charge in [-0.05, 0) is 39.1 Å². The van der Waals surface area contributed by atoms with Crippen LogP contribution in [0, 0.1) is 0 Å². The molecule has 0 aliphatic heterocycles. The van der Waals surface area contributed by atoms with Crippen LogP contribution in [0.15, 0.2) is 18.2 Å². The lowest BCUT2D eigenvalue weighted by Gasteiger charge is -2.31. The number of hydrogen-bond acceptors (Lipinski definition) is 4. The molecular weight excluding hydrogens is 240 g/mol. The Kier molecular flexibility index (Phi) is 8.79. The van der Waals surface area contributed by atoms with E-state index in [1.165, 1.54) is 32.4 Å². The number of benzene rings is 1. The SMILES string of the molecule is CC.CN(C)C1CCC1.COc1cc(N)ccc1O. The summed E-state index contributed by atoms with van der Waals surface area (Å²) in [6, 6.07) is 5.58. The molecule has 1 saturated carbocycles. The Labute approximate surface area is 117 Å².